The lowest BCUT2D eigenvalue weighted by molar-refractivity contribution is 1.33. The topological polar surface area (TPSA) is 17.3 Å². The molecular weight excluding hydrogens is 601 g/mol. The second kappa shape index (κ2) is 9.74. The first kappa shape index (κ1) is 26.1. The van der Waals surface area contributed by atoms with Gasteiger partial charge >= 0.3 is 0 Å². The number of hydrogen-bond acceptors (Lipinski definition) is 2. The lowest BCUT2D eigenvalue weighted by atomic mass is 9.84. The molecule has 48 heavy (non-hydrogen) atoms. The molecule has 3 aromatic heterocycles. The lowest BCUT2D eigenvalue weighted by Crippen LogP contribution is -1.92. The summed E-state index contributed by atoms with van der Waals surface area (Å²) in [5, 5.41) is 11.3. The predicted molar refractivity (Wildman–Crippen MR) is 206 cm³/mol. The molecule has 0 fully saturated rings. The molecule has 0 amide bonds. The zero-order chi connectivity index (χ0) is 31.3. The number of hydrogen-bond donors (Lipinski definition) is 0. The Morgan fingerprint density at radius 2 is 1.06 bits per heavy atom. The number of fused-ring (bicyclic) bond motifs is 13. The smallest absolute Gasteiger partial charge is 0.146 e. The summed E-state index contributed by atoms with van der Waals surface area (Å²) in [4.78, 5) is 5.17. The highest BCUT2D eigenvalue weighted by atomic mass is 32.1. The average Bonchev–Trinajstić information content (AvgIpc) is 3.72. The van der Waals surface area contributed by atoms with E-state index in [9.17, 15) is 0 Å². The van der Waals surface area contributed by atoms with Gasteiger partial charge in [-0.1, -0.05) is 133 Å². The zero-order valence-electron chi connectivity index (χ0n) is 25.8. The first-order chi connectivity index (χ1) is 23.8. The molecule has 11 aromatic rings. The minimum atomic E-state index is 1.01. The Hall–Kier alpha value is -6.03. The van der Waals surface area contributed by atoms with E-state index in [1.165, 1.54) is 85.6 Å². The first-order valence-electron chi connectivity index (χ1n) is 16.4. The van der Waals surface area contributed by atoms with Crippen molar-refractivity contribution in [1.82, 2.24) is 9.38 Å². The van der Waals surface area contributed by atoms with Crippen LogP contribution in [0.4, 0.5) is 0 Å². The maximum absolute atomic E-state index is 5.17. The highest BCUT2D eigenvalue weighted by Crippen LogP contribution is 2.47. The third-order valence-electron chi connectivity index (χ3n) is 10.1. The van der Waals surface area contributed by atoms with E-state index in [-0.39, 0.29) is 0 Å². The van der Waals surface area contributed by atoms with Crippen LogP contribution >= 0.6 is 11.3 Å². The van der Waals surface area contributed by atoms with E-state index in [2.05, 4.69) is 162 Å². The fraction of sp³-hybridized carbons (Fsp3) is 0. The van der Waals surface area contributed by atoms with E-state index in [0.29, 0.717) is 0 Å². The first-order valence-corrected chi connectivity index (χ1v) is 17.2. The summed E-state index contributed by atoms with van der Waals surface area (Å²) in [7, 11) is 0. The maximum atomic E-state index is 5.17. The van der Waals surface area contributed by atoms with Crippen molar-refractivity contribution in [3.8, 4) is 22.3 Å². The Morgan fingerprint density at radius 3 is 1.83 bits per heavy atom. The van der Waals surface area contributed by atoms with Gasteiger partial charge in [0.15, 0.2) is 0 Å². The van der Waals surface area contributed by atoms with Crippen LogP contribution in [0.25, 0.3) is 102 Å². The molecule has 8 aromatic carbocycles. The van der Waals surface area contributed by atoms with Gasteiger partial charge in [0, 0.05) is 20.9 Å². The highest BCUT2D eigenvalue weighted by Gasteiger charge is 2.21. The van der Waals surface area contributed by atoms with Crippen molar-refractivity contribution in [2.75, 3.05) is 0 Å². The van der Waals surface area contributed by atoms with E-state index in [4.69, 9.17) is 4.98 Å². The minimum Gasteiger partial charge on any atom is -0.290 e. The van der Waals surface area contributed by atoms with Crippen LogP contribution in [0, 0.1) is 0 Å². The van der Waals surface area contributed by atoms with Crippen molar-refractivity contribution >= 4 is 91.4 Å². The quantitative estimate of drug-likeness (QED) is 0.175. The van der Waals surface area contributed by atoms with Crippen LogP contribution in [0.1, 0.15) is 0 Å². The molecule has 0 aliphatic heterocycles. The Labute approximate surface area is 279 Å². The Bertz CT molecular complexity index is 3060. The second-order valence-corrected chi connectivity index (χ2v) is 13.7. The number of para-hydroxylation sites is 2. The fourth-order valence-electron chi connectivity index (χ4n) is 8.13. The number of imidazole rings is 1. The van der Waals surface area contributed by atoms with E-state index >= 15 is 0 Å². The number of thiophene rings is 1. The molecule has 0 unspecified atom stereocenters. The SMILES string of the molecule is c1ccc2c(-c3c4ccccc4c(-c4ccc5sc6c7ccccc7c7nc8ccccc8n7c6c5c4)c4ccccc34)cccc2c1. The summed E-state index contributed by atoms with van der Waals surface area (Å²) in [6.07, 6.45) is 0. The van der Waals surface area contributed by atoms with E-state index in [0.717, 1.165) is 16.7 Å². The van der Waals surface area contributed by atoms with Crippen LogP contribution in [0.3, 0.4) is 0 Å². The van der Waals surface area contributed by atoms with Crippen molar-refractivity contribution < 1.29 is 0 Å². The molecule has 222 valence electrons. The summed E-state index contributed by atoms with van der Waals surface area (Å²) < 4.78 is 4.98. The molecule has 3 heterocycles. The molecule has 3 heteroatoms. The van der Waals surface area contributed by atoms with Gasteiger partial charge in [-0.3, -0.25) is 4.40 Å². The van der Waals surface area contributed by atoms with Gasteiger partial charge in [-0.2, -0.15) is 0 Å². The van der Waals surface area contributed by atoms with Gasteiger partial charge in [-0.15, -0.1) is 11.3 Å². The summed E-state index contributed by atoms with van der Waals surface area (Å²) in [6.45, 7) is 0. The van der Waals surface area contributed by atoms with Gasteiger partial charge in [-0.05, 0) is 78.8 Å². The third-order valence-corrected chi connectivity index (χ3v) is 11.3. The fourth-order valence-corrected chi connectivity index (χ4v) is 9.33. The molecule has 0 radical (unpaired) electrons. The monoisotopic (exact) mass is 626 g/mol. The number of nitrogens with zero attached hydrogens (tertiary/aromatic N) is 2. The molecule has 0 saturated carbocycles. The molecule has 0 N–H and O–H groups in total. The van der Waals surface area contributed by atoms with Gasteiger partial charge < -0.3 is 0 Å². The molecule has 2 nitrogen and oxygen atoms in total. The zero-order valence-corrected chi connectivity index (χ0v) is 26.6. The van der Waals surface area contributed by atoms with Crippen molar-refractivity contribution in [2.24, 2.45) is 0 Å². The van der Waals surface area contributed by atoms with Gasteiger partial charge in [-0.25, -0.2) is 4.98 Å². The molecule has 0 bridgehead atoms. The number of aromatic nitrogens is 2. The van der Waals surface area contributed by atoms with Crippen molar-refractivity contribution in [3.63, 3.8) is 0 Å². The van der Waals surface area contributed by atoms with Crippen LogP contribution in [-0.4, -0.2) is 9.38 Å². The Balaban J connectivity index is 1.28. The highest BCUT2D eigenvalue weighted by molar-refractivity contribution is 7.26. The van der Waals surface area contributed by atoms with Gasteiger partial charge in [0.05, 0.1) is 21.3 Å². The van der Waals surface area contributed by atoms with E-state index in [1.54, 1.807) is 0 Å². The lowest BCUT2D eigenvalue weighted by Gasteiger charge is -2.19. The van der Waals surface area contributed by atoms with Gasteiger partial charge in [0.25, 0.3) is 0 Å². The normalized spacial score (nSPS) is 12.2. The van der Waals surface area contributed by atoms with Gasteiger partial charge in [0.2, 0.25) is 0 Å². The number of pyridine rings is 1. The van der Waals surface area contributed by atoms with E-state index in [1.807, 2.05) is 11.3 Å². The van der Waals surface area contributed by atoms with Crippen LogP contribution < -0.4 is 0 Å². The summed E-state index contributed by atoms with van der Waals surface area (Å²) in [5.74, 6) is 0. The number of benzene rings is 8. The maximum Gasteiger partial charge on any atom is 0.146 e. The van der Waals surface area contributed by atoms with Crippen LogP contribution in [0.2, 0.25) is 0 Å². The molecule has 0 aliphatic rings. The molecule has 0 aliphatic carbocycles. The van der Waals surface area contributed by atoms with Crippen LogP contribution in [-0.2, 0) is 0 Å². The van der Waals surface area contributed by atoms with Crippen molar-refractivity contribution in [1.29, 1.82) is 0 Å². The summed E-state index contributed by atoms with van der Waals surface area (Å²) in [5.41, 5.74) is 9.48. The van der Waals surface area contributed by atoms with Crippen molar-refractivity contribution in [2.45, 2.75) is 0 Å². The standard InChI is InChI=1S/C45H26N2S/c1-2-14-29-27(12-1)13-11-21-30(29)42-33-17-5-3-15-31(33)41(32-16-4-6-18-34(32)42)28-24-25-40-37(26-28)43-44(48-40)35-19-7-8-20-36(35)45-46-38-22-9-10-23-39(38)47(43)45/h1-26H. The average molecular weight is 627 g/mol. The largest absolute Gasteiger partial charge is 0.290 e. The molecular formula is C45H26N2S. The van der Waals surface area contributed by atoms with Crippen LogP contribution in [0.15, 0.2) is 158 Å². The second-order valence-electron chi connectivity index (χ2n) is 12.7. The number of rotatable bonds is 2. The predicted octanol–water partition coefficient (Wildman–Crippen LogP) is 12.8. The molecule has 0 spiro atoms. The van der Waals surface area contributed by atoms with E-state index < -0.39 is 0 Å². The summed E-state index contributed by atoms with van der Waals surface area (Å²) >= 11 is 1.88. The van der Waals surface area contributed by atoms with Gasteiger partial charge in [0.1, 0.15) is 5.65 Å². The summed E-state index contributed by atoms with van der Waals surface area (Å²) in [6, 6.07) is 57.7. The minimum absolute atomic E-state index is 1.01. The molecule has 0 atom stereocenters. The molecule has 0 saturated heterocycles. The van der Waals surface area contributed by atoms with Crippen LogP contribution in [0.5, 0.6) is 0 Å². The third kappa shape index (κ3) is 3.49. The molecule has 11 rings (SSSR count). The van der Waals surface area contributed by atoms with Crippen molar-refractivity contribution in [3.05, 3.63) is 158 Å². The Kier molecular flexibility index (Phi) is 5.29. The Morgan fingerprint density at radius 1 is 0.458 bits per heavy atom.